The molecule has 0 bridgehead atoms. The van der Waals surface area contributed by atoms with Crippen LogP contribution in [0.1, 0.15) is 25.7 Å². The van der Waals surface area contributed by atoms with E-state index >= 15 is 0 Å². The van der Waals surface area contributed by atoms with Gasteiger partial charge in [0.1, 0.15) is 6.10 Å². The molecule has 0 aliphatic heterocycles. The number of rotatable bonds is 2. The third-order valence-corrected chi connectivity index (χ3v) is 2.50. The average molecular weight is 214 g/mol. The van der Waals surface area contributed by atoms with Crippen LogP contribution in [0.15, 0.2) is 12.2 Å². The van der Waals surface area contributed by atoms with Crippen LogP contribution >= 0.6 is 0 Å². The Morgan fingerprint density at radius 1 is 1.33 bits per heavy atom. The van der Waals surface area contributed by atoms with E-state index in [1.165, 1.54) is 7.11 Å². The van der Waals surface area contributed by atoms with Crippen LogP contribution in [0.5, 0.6) is 0 Å². The molecule has 0 fully saturated rings. The van der Waals surface area contributed by atoms with Crippen LogP contribution in [-0.4, -0.2) is 32.6 Å². The van der Waals surface area contributed by atoms with Crippen molar-refractivity contribution in [2.24, 2.45) is 0 Å². The van der Waals surface area contributed by atoms with Gasteiger partial charge in [-0.15, -0.1) is 0 Å². The maximum absolute atomic E-state index is 11.0. The fourth-order valence-electron chi connectivity index (χ4n) is 1.65. The van der Waals surface area contributed by atoms with Crippen LogP contribution in [0.4, 0.5) is 4.79 Å². The minimum atomic E-state index is -0.660. The summed E-state index contributed by atoms with van der Waals surface area (Å²) in [6.45, 7) is 0. The molecule has 0 heterocycles. The van der Waals surface area contributed by atoms with Gasteiger partial charge in [0.25, 0.3) is 0 Å². The Morgan fingerprint density at radius 3 is 2.80 bits per heavy atom. The van der Waals surface area contributed by atoms with Crippen LogP contribution in [0.25, 0.3) is 0 Å². The van der Waals surface area contributed by atoms with Crippen molar-refractivity contribution >= 4 is 6.16 Å². The van der Waals surface area contributed by atoms with Crippen molar-refractivity contribution in [1.29, 1.82) is 0 Å². The second-order valence-electron chi connectivity index (χ2n) is 3.52. The molecule has 0 spiro atoms. The molecule has 4 nitrogen and oxygen atoms in total. The van der Waals surface area contributed by atoms with E-state index in [1.807, 2.05) is 12.2 Å². The lowest BCUT2D eigenvalue weighted by atomic mass is 10.0. The molecular weight excluding hydrogens is 196 g/mol. The largest absolute Gasteiger partial charge is 0.508 e. The fourth-order valence-corrected chi connectivity index (χ4v) is 1.65. The zero-order valence-electron chi connectivity index (χ0n) is 9.27. The van der Waals surface area contributed by atoms with Gasteiger partial charge in [-0.3, -0.25) is 0 Å². The molecule has 1 aliphatic carbocycles. The van der Waals surface area contributed by atoms with Crippen LogP contribution in [0.2, 0.25) is 0 Å². The highest BCUT2D eigenvalue weighted by atomic mass is 16.7. The van der Waals surface area contributed by atoms with E-state index in [1.54, 1.807) is 7.11 Å². The molecule has 0 aromatic carbocycles. The summed E-state index contributed by atoms with van der Waals surface area (Å²) in [4.78, 5) is 11.0. The summed E-state index contributed by atoms with van der Waals surface area (Å²) in [5, 5.41) is 0. The van der Waals surface area contributed by atoms with Crippen LogP contribution in [0.3, 0.4) is 0 Å². The van der Waals surface area contributed by atoms with Crippen molar-refractivity contribution in [3.63, 3.8) is 0 Å². The van der Waals surface area contributed by atoms with Crippen molar-refractivity contribution in [3.8, 4) is 0 Å². The topological polar surface area (TPSA) is 44.8 Å². The smallest absolute Gasteiger partial charge is 0.438 e. The molecule has 1 rings (SSSR count). The first-order valence-corrected chi connectivity index (χ1v) is 5.22. The number of hydrogen-bond donors (Lipinski definition) is 0. The predicted octanol–water partition coefficient (Wildman–Crippen LogP) is 2.28. The van der Waals surface area contributed by atoms with Gasteiger partial charge >= 0.3 is 6.16 Å². The predicted molar refractivity (Wildman–Crippen MR) is 55.7 cm³/mol. The molecule has 0 aromatic rings. The minimum absolute atomic E-state index is 0.0688. The molecule has 0 saturated heterocycles. The summed E-state index contributed by atoms with van der Waals surface area (Å²) < 4.78 is 14.9. The maximum atomic E-state index is 11.0. The van der Waals surface area contributed by atoms with E-state index in [0.717, 1.165) is 25.7 Å². The normalized spacial score (nSPS) is 28.7. The van der Waals surface area contributed by atoms with Gasteiger partial charge in [-0.2, -0.15) is 0 Å². The molecule has 0 amide bonds. The number of allylic oxidation sites excluding steroid dienone is 1. The number of ether oxygens (including phenoxy) is 3. The first-order valence-electron chi connectivity index (χ1n) is 5.22. The number of hydrogen-bond acceptors (Lipinski definition) is 4. The van der Waals surface area contributed by atoms with Crippen LogP contribution in [0, 0.1) is 0 Å². The Hall–Kier alpha value is -1.03. The van der Waals surface area contributed by atoms with E-state index in [-0.39, 0.29) is 12.2 Å². The SMILES string of the molecule is COC(=O)OC1/C=C/CCCCC1OC. The van der Waals surface area contributed by atoms with E-state index in [9.17, 15) is 4.79 Å². The third-order valence-electron chi connectivity index (χ3n) is 2.50. The Bertz CT molecular complexity index is 225. The van der Waals surface area contributed by atoms with Crippen molar-refractivity contribution in [1.82, 2.24) is 0 Å². The number of methoxy groups -OCH3 is 2. The summed E-state index contributed by atoms with van der Waals surface area (Å²) >= 11 is 0. The maximum Gasteiger partial charge on any atom is 0.508 e. The van der Waals surface area contributed by atoms with Crippen molar-refractivity contribution in [2.75, 3.05) is 14.2 Å². The Balaban J connectivity index is 2.60. The minimum Gasteiger partial charge on any atom is -0.438 e. The molecule has 0 saturated carbocycles. The number of carbonyl (C=O) groups excluding carboxylic acids is 1. The molecular formula is C11H18O4. The summed E-state index contributed by atoms with van der Waals surface area (Å²) in [5.74, 6) is 0. The monoisotopic (exact) mass is 214 g/mol. The highest BCUT2D eigenvalue weighted by molar-refractivity contribution is 5.60. The highest BCUT2D eigenvalue weighted by Gasteiger charge is 2.23. The molecule has 0 radical (unpaired) electrons. The van der Waals surface area contributed by atoms with Gasteiger partial charge in [0, 0.05) is 7.11 Å². The molecule has 2 unspecified atom stereocenters. The third kappa shape index (κ3) is 3.91. The van der Waals surface area contributed by atoms with E-state index in [4.69, 9.17) is 9.47 Å². The molecule has 2 atom stereocenters. The molecule has 1 aliphatic rings. The quantitative estimate of drug-likeness (QED) is 0.522. The second kappa shape index (κ2) is 6.45. The highest BCUT2D eigenvalue weighted by Crippen LogP contribution is 2.17. The fraction of sp³-hybridized carbons (Fsp3) is 0.727. The summed E-state index contributed by atoms with van der Waals surface area (Å²) in [7, 11) is 2.94. The van der Waals surface area contributed by atoms with Crippen molar-refractivity contribution < 1.29 is 19.0 Å². The van der Waals surface area contributed by atoms with Crippen molar-refractivity contribution in [2.45, 2.75) is 37.9 Å². The zero-order valence-corrected chi connectivity index (χ0v) is 9.27. The zero-order chi connectivity index (χ0) is 11.1. The Labute approximate surface area is 90.2 Å². The van der Waals surface area contributed by atoms with Gasteiger partial charge in [0.2, 0.25) is 0 Å². The lowest BCUT2D eigenvalue weighted by Gasteiger charge is -2.24. The van der Waals surface area contributed by atoms with Gasteiger partial charge in [0.05, 0.1) is 13.2 Å². The molecule has 0 N–H and O–H groups in total. The Morgan fingerprint density at radius 2 is 2.13 bits per heavy atom. The molecule has 86 valence electrons. The first kappa shape index (κ1) is 12.0. The van der Waals surface area contributed by atoms with Gasteiger partial charge in [-0.05, 0) is 25.3 Å². The molecule has 4 heteroatoms. The standard InChI is InChI=1S/C11H18O4/c1-13-9-7-5-3-4-6-8-10(9)15-11(12)14-2/h6,8-10H,3-5,7H2,1-2H3/b8-6+. The van der Waals surface area contributed by atoms with E-state index < -0.39 is 6.16 Å². The van der Waals surface area contributed by atoms with Gasteiger partial charge in [-0.25, -0.2) is 4.79 Å². The lowest BCUT2D eigenvalue weighted by Crippen LogP contribution is -2.32. The van der Waals surface area contributed by atoms with Crippen LogP contribution < -0.4 is 0 Å². The second-order valence-corrected chi connectivity index (χ2v) is 3.52. The first-order chi connectivity index (χ1) is 7.27. The van der Waals surface area contributed by atoms with Gasteiger partial charge in [-0.1, -0.05) is 12.5 Å². The van der Waals surface area contributed by atoms with Crippen LogP contribution in [-0.2, 0) is 14.2 Å². The average Bonchev–Trinajstić information content (AvgIpc) is 2.22. The summed E-state index contributed by atoms with van der Waals surface area (Å²) in [5.41, 5.74) is 0. The Kier molecular flexibility index (Phi) is 5.18. The van der Waals surface area contributed by atoms with E-state index in [2.05, 4.69) is 4.74 Å². The van der Waals surface area contributed by atoms with Gasteiger partial charge in [0.15, 0.2) is 0 Å². The van der Waals surface area contributed by atoms with Crippen molar-refractivity contribution in [3.05, 3.63) is 12.2 Å². The van der Waals surface area contributed by atoms with Gasteiger partial charge < -0.3 is 14.2 Å². The molecule has 0 aromatic heterocycles. The number of carbonyl (C=O) groups is 1. The lowest BCUT2D eigenvalue weighted by molar-refractivity contribution is -0.0275. The van der Waals surface area contributed by atoms with E-state index in [0.29, 0.717) is 0 Å². The molecule has 15 heavy (non-hydrogen) atoms. The summed E-state index contributed by atoms with van der Waals surface area (Å²) in [6.07, 6.45) is 7.02. The summed E-state index contributed by atoms with van der Waals surface area (Å²) in [6, 6.07) is 0.